The molecule has 0 saturated carbocycles. The van der Waals surface area contributed by atoms with Crippen LogP contribution < -0.4 is 5.32 Å². The number of methoxy groups -OCH3 is 1. The first-order chi connectivity index (χ1) is 16.0. The molecule has 33 heavy (non-hydrogen) atoms. The molecule has 0 aliphatic carbocycles. The third-order valence-electron chi connectivity index (χ3n) is 5.49. The van der Waals surface area contributed by atoms with Gasteiger partial charge in [-0.1, -0.05) is 29.3 Å². The smallest absolute Gasteiger partial charge is 0.246 e. The number of thiophene rings is 1. The molecule has 4 rings (SSSR count). The van der Waals surface area contributed by atoms with Crippen LogP contribution >= 0.6 is 34.5 Å². The average molecular weight is 506 g/mol. The number of nitrogens with zero attached hydrogens (tertiary/aromatic N) is 4. The van der Waals surface area contributed by atoms with E-state index < -0.39 is 0 Å². The zero-order chi connectivity index (χ0) is 23.4. The Morgan fingerprint density at radius 1 is 1.33 bits per heavy atom. The fourth-order valence-electron chi connectivity index (χ4n) is 3.70. The van der Waals surface area contributed by atoms with Gasteiger partial charge >= 0.3 is 0 Å². The molecule has 0 unspecified atom stereocenters. The van der Waals surface area contributed by atoms with Crippen LogP contribution in [-0.4, -0.2) is 66.1 Å². The number of anilines is 2. The molecule has 1 aliphatic heterocycles. The molecule has 1 amide bonds. The van der Waals surface area contributed by atoms with Crippen molar-refractivity contribution in [2.75, 3.05) is 45.7 Å². The zero-order valence-corrected chi connectivity index (χ0v) is 20.8. The molecular formula is C23H25Cl2N5O2S. The predicted octanol–water partition coefficient (Wildman–Crippen LogP) is 4.76. The summed E-state index contributed by atoms with van der Waals surface area (Å²) in [6.45, 7) is 3.43. The molecule has 0 radical (unpaired) electrons. The van der Waals surface area contributed by atoms with Gasteiger partial charge in [0.2, 0.25) is 5.91 Å². The number of hydrogen-bond acceptors (Lipinski definition) is 7. The molecule has 2 aromatic heterocycles. The molecule has 0 saturated heterocycles. The number of carbonyl (C=O) groups excluding carboxylic acids is 1. The molecule has 3 heterocycles. The number of likely N-dealkylation sites (N-methyl/N-ethyl adjacent to an activating group) is 1. The Labute approximate surface area is 207 Å². The maximum atomic E-state index is 12.7. The number of amides is 1. The van der Waals surface area contributed by atoms with Crippen LogP contribution in [0.5, 0.6) is 0 Å². The Morgan fingerprint density at radius 2 is 2.18 bits per heavy atom. The van der Waals surface area contributed by atoms with Crippen LogP contribution in [0.4, 0.5) is 11.5 Å². The second kappa shape index (κ2) is 10.8. The first kappa shape index (κ1) is 23.9. The molecule has 1 aliphatic rings. The molecule has 10 heteroatoms. The summed E-state index contributed by atoms with van der Waals surface area (Å²) in [5.41, 5.74) is 2.00. The summed E-state index contributed by atoms with van der Waals surface area (Å²) in [7, 11) is 3.69. The molecule has 1 aromatic carbocycles. The first-order valence-corrected chi connectivity index (χ1v) is 12.1. The number of hydrogen-bond donors (Lipinski definition) is 1. The van der Waals surface area contributed by atoms with E-state index in [0.717, 1.165) is 39.6 Å². The summed E-state index contributed by atoms with van der Waals surface area (Å²) in [6.07, 6.45) is 5.88. The Balaban J connectivity index is 1.48. The Hall–Kier alpha value is -2.23. The standard InChI is InChI=1S/C23H25Cl2N5O2S/c1-29(10-11-32-2)8-3-4-20(31)30-9-7-16-19(13-30)33-23-21(16)22(26-14-27-23)28-15-5-6-17(24)18(25)12-15/h3-6,12,14H,7-11,13H2,1-2H3,(H,26,27,28). The minimum Gasteiger partial charge on any atom is -0.383 e. The van der Waals surface area contributed by atoms with E-state index >= 15 is 0 Å². The van der Waals surface area contributed by atoms with Gasteiger partial charge in [0.1, 0.15) is 17.0 Å². The van der Waals surface area contributed by atoms with Crippen molar-refractivity contribution in [3.63, 3.8) is 0 Å². The van der Waals surface area contributed by atoms with Crippen molar-refractivity contribution in [3.05, 3.63) is 57.2 Å². The molecular weight excluding hydrogens is 481 g/mol. The minimum absolute atomic E-state index is 0.0264. The number of nitrogens with one attached hydrogen (secondary N) is 1. The summed E-state index contributed by atoms with van der Waals surface area (Å²) in [4.78, 5) is 27.7. The van der Waals surface area contributed by atoms with Gasteiger partial charge in [-0.2, -0.15) is 0 Å². The fraction of sp³-hybridized carbons (Fsp3) is 0.348. The van der Waals surface area contributed by atoms with Crippen LogP contribution in [0, 0.1) is 0 Å². The van der Waals surface area contributed by atoms with Crippen LogP contribution in [0.2, 0.25) is 10.0 Å². The van der Waals surface area contributed by atoms with E-state index in [4.69, 9.17) is 27.9 Å². The number of fused-ring (bicyclic) bond motifs is 3. The lowest BCUT2D eigenvalue weighted by Crippen LogP contribution is -2.34. The predicted molar refractivity (Wildman–Crippen MR) is 135 cm³/mol. The third kappa shape index (κ3) is 5.65. The first-order valence-electron chi connectivity index (χ1n) is 10.6. The number of carbonyl (C=O) groups is 1. The van der Waals surface area contributed by atoms with Crippen LogP contribution in [0.25, 0.3) is 10.2 Å². The summed E-state index contributed by atoms with van der Waals surface area (Å²) in [5, 5.41) is 5.33. The largest absolute Gasteiger partial charge is 0.383 e. The molecule has 0 bridgehead atoms. The molecule has 7 nitrogen and oxygen atoms in total. The molecule has 174 valence electrons. The highest BCUT2D eigenvalue weighted by Gasteiger charge is 2.25. The van der Waals surface area contributed by atoms with E-state index in [1.807, 2.05) is 24.1 Å². The van der Waals surface area contributed by atoms with E-state index in [-0.39, 0.29) is 5.91 Å². The van der Waals surface area contributed by atoms with Gasteiger partial charge in [0, 0.05) is 43.4 Å². The second-order valence-corrected chi connectivity index (χ2v) is 9.73. The van der Waals surface area contributed by atoms with Crippen LogP contribution in [0.3, 0.4) is 0 Å². The van der Waals surface area contributed by atoms with Crippen molar-refractivity contribution in [2.45, 2.75) is 13.0 Å². The Bertz CT molecular complexity index is 1180. The molecule has 0 spiro atoms. The quantitative estimate of drug-likeness (QED) is 0.445. The van der Waals surface area contributed by atoms with Gasteiger partial charge in [-0.25, -0.2) is 9.97 Å². The van der Waals surface area contributed by atoms with Crippen LogP contribution in [0.1, 0.15) is 10.4 Å². The van der Waals surface area contributed by atoms with Crippen LogP contribution in [-0.2, 0) is 22.5 Å². The summed E-state index contributed by atoms with van der Waals surface area (Å²) in [5.74, 6) is 0.758. The third-order valence-corrected chi connectivity index (χ3v) is 7.35. The lowest BCUT2D eigenvalue weighted by atomic mass is 10.0. The van der Waals surface area contributed by atoms with E-state index in [9.17, 15) is 4.79 Å². The van der Waals surface area contributed by atoms with Gasteiger partial charge in [-0.05, 0) is 37.2 Å². The van der Waals surface area contributed by atoms with E-state index in [1.54, 1.807) is 43.0 Å². The van der Waals surface area contributed by atoms with Crippen molar-refractivity contribution in [2.24, 2.45) is 0 Å². The lowest BCUT2D eigenvalue weighted by molar-refractivity contribution is -0.126. The van der Waals surface area contributed by atoms with Gasteiger partial charge < -0.3 is 19.9 Å². The number of benzene rings is 1. The average Bonchev–Trinajstić information content (AvgIpc) is 3.18. The van der Waals surface area contributed by atoms with Crippen molar-refractivity contribution < 1.29 is 9.53 Å². The summed E-state index contributed by atoms with van der Waals surface area (Å²) < 4.78 is 5.08. The highest BCUT2D eigenvalue weighted by atomic mass is 35.5. The van der Waals surface area contributed by atoms with Crippen LogP contribution in [0.15, 0.2) is 36.7 Å². The molecule has 1 N–H and O–H groups in total. The van der Waals surface area contributed by atoms with E-state index in [1.165, 1.54) is 5.56 Å². The number of ether oxygens (including phenoxy) is 1. The highest BCUT2D eigenvalue weighted by Crippen LogP contribution is 2.38. The van der Waals surface area contributed by atoms with Crippen molar-refractivity contribution in [1.29, 1.82) is 0 Å². The zero-order valence-electron chi connectivity index (χ0n) is 18.5. The van der Waals surface area contributed by atoms with Crippen molar-refractivity contribution >= 4 is 62.2 Å². The van der Waals surface area contributed by atoms with Crippen molar-refractivity contribution in [1.82, 2.24) is 19.8 Å². The Morgan fingerprint density at radius 3 is 2.97 bits per heavy atom. The maximum Gasteiger partial charge on any atom is 0.246 e. The lowest BCUT2D eigenvalue weighted by Gasteiger charge is -2.26. The van der Waals surface area contributed by atoms with Gasteiger partial charge in [0.05, 0.1) is 28.6 Å². The highest BCUT2D eigenvalue weighted by molar-refractivity contribution is 7.19. The van der Waals surface area contributed by atoms with Gasteiger partial charge in [0.25, 0.3) is 0 Å². The maximum absolute atomic E-state index is 12.7. The van der Waals surface area contributed by atoms with Gasteiger partial charge in [-0.15, -0.1) is 11.3 Å². The fourth-order valence-corrected chi connectivity index (χ4v) is 5.20. The minimum atomic E-state index is 0.0264. The van der Waals surface area contributed by atoms with E-state index in [2.05, 4.69) is 20.2 Å². The van der Waals surface area contributed by atoms with Crippen molar-refractivity contribution in [3.8, 4) is 0 Å². The Kier molecular flexibility index (Phi) is 7.82. The molecule has 0 fully saturated rings. The molecule has 0 atom stereocenters. The second-order valence-electron chi connectivity index (χ2n) is 7.83. The summed E-state index contributed by atoms with van der Waals surface area (Å²) >= 11 is 13.8. The number of rotatable bonds is 8. The van der Waals surface area contributed by atoms with Gasteiger partial charge in [0.15, 0.2) is 0 Å². The van der Waals surface area contributed by atoms with Gasteiger partial charge in [-0.3, -0.25) is 4.79 Å². The van der Waals surface area contributed by atoms with E-state index in [0.29, 0.717) is 36.3 Å². The SMILES string of the molecule is COCCN(C)CC=CC(=O)N1CCc2c(sc3ncnc(Nc4ccc(Cl)c(Cl)c4)c23)C1. The topological polar surface area (TPSA) is 70.6 Å². The number of halogens is 2. The number of aromatic nitrogens is 2. The molecule has 3 aromatic rings. The summed E-state index contributed by atoms with van der Waals surface area (Å²) in [6, 6.07) is 5.39. The normalized spacial score (nSPS) is 13.8. The monoisotopic (exact) mass is 505 g/mol.